The summed E-state index contributed by atoms with van der Waals surface area (Å²) in [4.78, 5) is 7.02. The lowest BCUT2D eigenvalue weighted by atomic mass is 9.89. The maximum atomic E-state index is 4.42. The highest BCUT2D eigenvalue weighted by molar-refractivity contribution is 14.0. The Hall–Kier alpha value is -0.0400. The highest BCUT2D eigenvalue weighted by Gasteiger charge is 2.29. The second-order valence-corrected chi connectivity index (χ2v) is 8.06. The molecule has 0 aromatic heterocycles. The summed E-state index contributed by atoms with van der Waals surface area (Å²) < 4.78 is 0. The van der Waals surface area contributed by atoms with Crippen molar-refractivity contribution in [1.29, 1.82) is 0 Å². The summed E-state index contributed by atoms with van der Waals surface area (Å²) in [5.74, 6) is 1.77. The zero-order valence-corrected chi connectivity index (χ0v) is 17.9. The molecule has 1 aliphatic heterocycles. The molecule has 4 nitrogen and oxygen atoms in total. The summed E-state index contributed by atoms with van der Waals surface area (Å²) in [6.07, 6.45) is 7.93. The Morgan fingerprint density at radius 1 is 1.22 bits per heavy atom. The van der Waals surface area contributed by atoms with Crippen LogP contribution in [0.5, 0.6) is 0 Å². The lowest BCUT2D eigenvalue weighted by Gasteiger charge is -2.34. The lowest BCUT2D eigenvalue weighted by molar-refractivity contribution is 0.186. The fourth-order valence-electron chi connectivity index (χ4n) is 3.87. The van der Waals surface area contributed by atoms with Crippen molar-refractivity contribution in [2.75, 3.05) is 33.2 Å². The standard InChI is InChI=1S/C18H36N4.HI/c1-15(2)13-22-11-7-16(8-12-22)21-17(19-4)20-14-18(3)9-5-6-10-18;/h15-16H,5-14H2,1-4H3,(H2,19,20,21);1H. The van der Waals surface area contributed by atoms with Gasteiger partial charge in [0.2, 0.25) is 0 Å². The van der Waals surface area contributed by atoms with Gasteiger partial charge < -0.3 is 15.5 Å². The third kappa shape index (κ3) is 7.16. The molecule has 2 fully saturated rings. The summed E-state index contributed by atoms with van der Waals surface area (Å²) >= 11 is 0. The number of halogens is 1. The van der Waals surface area contributed by atoms with E-state index in [1.807, 2.05) is 7.05 Å². The van der Waals surface area contributed by atoms with Crippen molar-refractivity contribution in [2.24, 2.45) is 16.3 Å². The number of hydrogen-bond acceptors (Lipinski definition) is 2. The molecule has 2 rings (SSSR count). The van der Waals surface area contributed by atoms with Crippen LogP contribution in [-0.2, 0) is 0 Å². The fourth-order valence-corrected chi connectivity index (χ4v) is 3.87. The van der Waals surface area contributed by atoms with E-state index in [9.17, 15) is 0 Å². The van der Waals surface area contributed by atoms with Gasteiger partial charge in [0.15, 0.2) is 5.96 Å². The van der Waals surface area contributed by atoms with Gasteiger partial charge in [0.1, 0.15) is 0 Å². The minimum Gasteiger partial charge on any atom is -0.356 e. The van der Waals surface area contributed by atoms with Crippen molar-refractivity contribution in [3.63, 3.8) is 0 Å². The number of rotatable bonds is 5. The summed E-state index contributed by atoms with van der Waals surface area (Å²) in [7, 11) is 1.89. The molecular formula is C18H37IN4. The van der Waals surface area contributed by atoms with Gasteiger partial charge >= 0.3 is 0 Å². The topological polar surface area (TPSA) is 39.7 Å². The summed E-state index contributed by atoms with van der Waals surface area (Å²) in [6, 6.07) is 0.575. The van der Waals surface area contributed by atoms with E-state index in [1.165, 1.54) is 58.2 Å². The monoisotopic (exact) mass is 436 g/mol. The van der Waals surface area contributed by atoms with Crippen LogP contribution in [-0.4, -0.2) is 50.1 Å². The molecule has 2 N–H and O–H groups in total. The first-order chi connectivity index (χ1) is 10.5. The van der Waals surface area contributed by atoms with Gasteiger partial charge in [-0.25, -0.2) is 0 Å². The van der Waals surface area contributed by atoms with Crippen LogP contribution in [0.1, 0.15) is 59.3 Å². The molecule has 0 aromatic rings. The van der Waals surface area contributed by atoms with Gasteiger partial charge in [0.25, 0.3) is 0 Å². The minimum absolute atomic E-state index is 0. The summed E-state index contributed by atoms with van der Waals surface area (Å²) in [6.45, 7) is 11.7. The van der Waals surface area contributed by atoms with Gasteiger partial charge in [-0.2, -0.15) is 0 Å². The molecule has 0 atom stereocenters. The van der Waals surface area contributed by atoms with E-state index < -0.39 is 0 Å². The quantitative estimate of drug-likeness (QED) is 0.394. The Kier molecular flexibility index (Phi) is 9.19. The molecule has 1 heterocycles. The highest BCUT2D eigenvalue weighted by Crippen LogP contribution is 2.36. The van der Waals surface area contributed by atoms with Crippen molar-refractivity contribution in [1.82, 2.24) is 15.5 Å². The average molecular weight is 436 g/mol. The van der Waals surface area contributed by atoms with Gasteiger partial charge in [0, 0.05) is 39.3 Å². The predicted molar refractivity (Wildman–Crippen MR) is 111 cm³/mol. The largest absolute Gasteiger partial charge is 0.356 e. The average Bonchev–Trinajstić information content (AvgIpc) is 2.92. The van der Waals surface area contributed by atoms with Crippen LogP contribution in [0.2, 0.25) is 0 Å². The molecule has 1 aliphatic carbocycles. The normalized spacial score (nSPS) is 22.9. The van der Waals surface area contributed by atoms with E-state index >= 15 is 0 Å². The molecule has 0 radical (unpaired) electrons. The lowest BCUT2D eigenvalue weighted by Crippen LogP contribution is -2.50. The molecule has 23 heavy (non-hydrogen) atoms. The van der Waals surface area contributed by atoms with Crippen LogP contribution >= 0.6 is 24.0 Å². The summed E-state index contributed by atoms with van der Waals surface area (Å²) in [5, 5.41) is 7.20. The third-order valence-corrected chi connectivity index (χ3v) is 5.27. The molecule has 0 spiro atoms. The van der Waals surface area contributed by atoms with Crippen LogP contribution in [0.3, 0.4) is 0 Å². The molecule has 0 bridgehead atoms. The van der Waals surface area contributed by atoms with E-state index in [-0.39, 0.29) is 24.0 Å². The second kappa shape index (κ2) is 10.1. The molecule has 1 saturated heterocycles. The van der Waals surface area contributed by atoms with E-state index in [4.69, 9.17) is 0 Å². The first kappa shape index (κ1) is 21.0. The van der Waals surface area contributed by atoms with Gasteiger partial charge in [0.05, 0.1) is 0 Å². The van der Waals surface area contributed by atoms with Gasteiger partial charge in [-0.1, -0.05) is 33.6 Å². The van der Waals surface area contributed by atoms with Crippen molar-refractivity contribution in [2.45, 2.75) is 65.3 Å². The van der Waals surface area contributed by atoms with Crippen LogP contribution in [0.25, 0.3) is 0 Å². The van der Waals surface area contributed by atoms with E-state index in [0.29, 0.717) is 11.5 Å². The zero-order valence-electron chi connectivity index (χ0n) is 15.5. The van der Waals surface area contributed by atoms with Crippen molar-refractivity contribution >= 4 is 29.9 Å². The van der Waals surface area contributed by atoms with Crippen LogP contribution in [0.4, 0.5) is 0 Å². The molecule has 2 aliphatic rings. The molecular weight excluding hydrogens is 399 g/mol. The summed E-state index contributed by atoms with van der Waals surface area (Å²) in [5.41, 5.74) is 0.470. The molecule has 0 unspecified atom stereocenters. The van der Waals surface area contributed by atoms with Crippen LogP contribution < -0.4 is 10.6 Å². The number of aliphatic imine (C=N–C) groups is 1. The fraction of sp³-hybridized carbons (Fsp3) is 0.944. The number of guanidine groups is 1. The number of likely N-dealkylation sites (tertiary alicyclic amines) is 1. The third-order valence-electron chi connectivity index (χ3n) is 5.27. The first-order valence-corrected chi connectivity index (χ1v) is 9.20. The van der Waals surface area contributed by atoms with Gasteiger partial charge in [-0.3, -0.25) is 4.99 Å². The van der Waals surface area contributed by atoms with Crippen molar-refractivity contribution in [3.8, 4) is 0 Å². The van der Waals surface area contributed by atoms with Gasteiger partial charge in [-0.15, -0.1) is 24.0 Å². The number of piperidine rings is 1. The van der Waals surface area contributed by atoms with Crippen LogP contribution in [0.15, 0.2) is 4.99 Å². The highest BCUT2D eigenvalue weighted by atomic mass is 127. The Morgan fingerprint density at radius 3 is 2.35 bits per heavy atom. The minimum atomic E-state index is 0. The Labute approximate surface area is 160 Å². The first-order valence-electron chi connectivity index (χ1n) is 9.20. The SMILES string of the molecule is CN=C(NCC1(C)CCCC1)NC1CCN(CC(C)C)CC1.I. The Balaban J connectivity index is 0.00000264. The molecule has 136 valence electrons. The van der Waals surface area contributed by atoms with E-state index in [0.717, 1.165) is 18.4 Å². The number of nitrogens with zero attached hydrogens (tertiary/aromatic N) is 2. The zero-order chi connectivity index (χ0) is 16.0. The van der Waals surface area contributed by atoms with E-state index in [2.05, 4.69) is 41.3 Å². The Morgan fingerprint density at radius 2 is 1.83 bits per heavy atom. The molecule has 0 amide bonds. The molecule has 5 heteroatoms. The predicted octanol–water partition coefficient (Wildman–Crippen LogP) is 3.47. The molecule has 1 saturated carbocycles. The number of hydrogen-bond donors (Lipinski definition) is 2. The number of nitrogens with one attached hydrogen (secondary N) is 2. The van der Waals surface area contributed by atoms with Crippen LogP contribution in [0, 0.1) is 11.3 Å². The van der Waals surface area contributed by atoms with E-state index in [1.54, 1.807) is 0 Å². The Bertz CT molecular complexity index is 356. The maximum absolute atomic E-state index is 4.42. The van der Waals surface area contributed by atoms with Gasteiger partial charge in [-0.05, 0) is 37.0 Å². The second-order valence-electron chi connectivity index (χ2n) is 8.06. The maximum Gasteiger partial charge on any atom is 0.191 e. The van der Waals surface area contributed by atoms with Crippen molar-refractivity contribution < 1.29 is 0 Å². The molecule has 0 aromatic carbocycles. The smallest absolute Gasteiger partial charge is 0.191 e. The van der Waals surface area contributed by atoms with Crippen molar-refractivity contribution in [3.05, 3.63) is 0 Å².